The Morgan fingerprint density at radius 1 is 0.469 bits per heavy atom. The minimum atomic E-state index is -2.26. The molecule has 0 fully saturated rings. The number of nitriles is 1. The van der Waals surface area contributed by atoms with Gasteiger partial charge < -0.3 is 0 Å². The van der Waals surface area contributed by atoms with Crippen molar-refractivity contribution in [1.29, 1.82) is 5.26 Å². The summed E-state index contributed by atoms with van der Waals surface area (Å²) in [5.41, 5.74) is 2.75. The molecule has 0 aliphatic carbocycles. The topological polar surface area (TPSA) is 62.5 Å². The summed E-state index contributed by atoms with van der Waals surface area (Å²) in [4.78, 5) is 15.1. The maximum atomic E-state index is 15.4. The molecule has 0 N–H and O–H groups in total. The maximum absolute atomic E-state index is 15.4. The highest BCUT2D eigenvalue weighted by Crippen LogP contribution is 2.44. The Bertz CT molecular complexity index is 2640. The lowest BCUT2D eigenvalue weighted by Gasteiger charge is -2.18. The summed E-state index contributed by atoms with van der Waals surface area (Å²) in [6.07, 6.45) is 0. The van der Waals surface area contributed by atoms with Crippen LogP contribution in [-0.2, 0) is 0 Å². The van der Waals surface area contributed by atoms with Crippen LogP contribution < -0.4 is 0 Å². The van der Waals surface area contributed by atoms with Gasteiger partial charge in [0.1, 0.15) is 0 Å². The van der Waals surface area contributed by atoms with E-state index in [1.165, 1.54) is 18.2 Å². The van der Waals surface area contributed by atoms with Gasteiger partial charge in [-0.1, -0.05) is 103 Å². The standard InChI is InChI=1S/C40H19F5N4/c41-32-30(33(42)35(44)36(45)34(32)43)24-15-7-8-16-25(24)39-31-29(26-17-9-10-18-27(26)47-39)23(20-46)19-28-40(31)49-38(22-13-5-2-6-14-22)37(48-28)21-11-3-1-4-12-21/h1-19H. The first-order chi connectivity index (χ1) is 23.9. The largest absolute Gasteiger partial charge is 0.247 e. The second-order valence-corrected chi connectivity index (χ2v) is 11.3. The quantitative estimate of drug-likeness (QED) is 0.0823. The zero-order valence-electron chi connectivity index (χ0n) is 25.1. The van der Waals surface area contributed by atoms with Gasteiger partial charge in [0.2, 0.25) is 5.82 Å². The van der Waals surface area contributed by atoms with Crippen molar-refractivity contribution in [3.8, 4) is 51.0 Å². The van der Waals surface area contributed by atoms with Gasteiger partial charge in [-0.3, -0.25) is 0 Å². The van der Waals surface area contributed by atoms with Crippen molar-refractivity contribution < 1.29 is 22.0 Å². The summed E-state index contributed by atoms with van der Waals surface area (Å²) in [5, 5.41) is 11.9. The van der Waals surface area contributed by atoms with E-state index in [1.807, 2.05) is 60.7 Å². The van der Waals surface area contributed by atoms with E-state index in [0.717, 1.165) is 11.1 Å². The molecular weight excluding hydrogens is 631 g/mol. The molecular formula is C40H19F5N4. The van der Waals surface area contributed by atoms with E-state index in [9.17, 15) is 18.4 Å². The van der Waals surface area contributed by atoms with Crippen LogP contribution >= 0.6 is 0 Å². The van der Waals surface area contributed by atoms with Crippen LogP contribution in [0.15, 0.2) is 115 Å². The molecule has 0 unspecified atom stereocenters. The number of rotatable bonds is 4. The Morgan fingerprint density at radius 2 is 0.980 bits per heavy atom. The molecule has 0 bridgehead atoms. The van der Waals surface area contributed by atoms with Crippen molar-refractivity contribution in [2.24, 2.45) is 0 Å². The highest BCUT2D eigenvalue weighted by atomic mass is 19.2. The van der Waals surface area contributed by atoms with E-state index in [2.05, 4.69) is 6.07 Å². The van der Waals surface area contributed by atoms with Crippen molar-refractivity contribution in [2.45, 2.75) is 0 Å². The molecule has 0 spiro atoms. The van der Waals surface area contributed by atoms with Crippen LogP contribution in [0, 0.1) is 40.4 Å². The summed E-state index contributed by atoms with van der Waals surface area (Å²) in [6.45, 7) is 0. The molecule has 0 aliphatic rings. The van der Waals surface area contributed by atoms with Crippen LogP contribution in [0.5, 0.6) is 0 Å². The molecule has 8 rings (SSSR count). The van der Waals surface area contributed by atoms with Crippen molar-refractivity contribution >= 4 is 32.7 Å². The van der Waals surface area contributed by atoms with Gasteiger partial charge in [0, 0.05) is 32.8 Å². The number of halogens is 5. The second kappa shape index (κ2) is 11.6. The van der Waals surface area contributed by atoms with Crippen molar-refractivity contribution in [3.63, 3.8) is 0 Å². The smallest absolute Gasteiger partial charge is 0.200 e. The fourth-order valence-electron chi connectivity index (χ4n) is 6.29. The number of fused-ring (bicyclic) bond motifs is 5. The summed E-state index contributed by atoms with van der Waals surface area (Å²) in [5.74, 6) is -10.3. The Hall–Kier alpha value is -6.53. The van der Waals surface area contributed by atoms with E-state index in [1.54, 1.807) is 36.4 Å². The zero-order valence-corrected chi connectivity index (χ0v) is 25.1. The van der Waals surface area contributed by atoms with E-state index in [-0.39, 0.29) is 22.4 Å². The Balaban J connectivity index is 1.58. The third-order valence-corrected chi connectivity index (χ3v) is 8.48. The number of hydrogen-bond acceptors (Lipinski definition) is 4. The van der Waals surface area contributed by atoms with Gasteiger partial charge in [0.05, 0.1) is 50.8 Å². The molecule has 2 heterocycles. The Kier molecular flexibility index (Phi) is 7.07. The highest BCUT2D eigenvalue weighted by molar-refractivity contribution is 6.22. The minimum Gasteiger partial charge on any atom is -0.247 e. The average Bonchev–Trinajstić information content (AvgIpc) is 3.16. The van der Waals surface area contributed by atoms with Gasteiger partial charge in [-0.15, -0.1) is 0 Å². The van der Waals surface area contributed by atoms with Gasteiger partial charge in [-0.25, -0.2) is 36.9 Å². The molecule has 49 heavy (non-hydrogen) atoms. The molecule has 4 nitrogen and oxygen atoms in total. The van der Waals surface area contributed by atoms with Gasteiger partial charge in [0.15, 0.2) is 23.3 Å². The summed E-state index contributed by atoms with van der Waals surface area (Å²) in [7, 11) is 0. The second-order valence-electron chi connectivity index (χ2n) is 11.3. The Labute approximate surface area is 275 Å². The molecule has 6 aromatic carbocycles. The average molecular weight is 651 g/mol. The van der Waals surface area contributed by atoms with Crippen LogP contribution in [0.1, 0.15) is 5.56 Å². The monoisotopic (exact) mass is 650 g/mol. The van der Waals surface area contributed by atoms with Gasteiger partial charge in [-0.05, 0) is 17.7 Å². The normalized spacial score (nSPS) is 11.3. The van der Waals surface area contributed by atoms with Crippen LogP contribution in [0.2, 0.25) is 0 Å². The molecule has 0 saturated carbocycles. The molecule has 0 atom stereocenters. The molecule has 0 amide bonds. The first kappa shape index (κ1) is 29.8. The van der Waals surface area contributed by atoms with Crippen LogP contribution in [-0.4, -0.2) is 15.0 Å². The van der Waals surface area contributed by atoms with E-state index >= 15 is 8.78 Å². The summed E-state index contributed by atoms with van der Waals surface area (Å²) >= 11 is 0. The van der Waals surface area contributed by atoms with Crippen LogP contribution in [0.3, 0.4) is 0 Å². The van der Waals surface area contributed by atoms with Crippen molar-refractivity contribution in [3.05, 3.63) is 150 Å². The number of hydrogen-bond donors (Lipinski definition) is 0. The van der Waals surface area contributed by atoms with Crippen LogP contribution in [0.25, 0.3) is 77.6 Å². The van der Waals surface area contributed by atoms with E-state index in [0.29, 0.717) is 44.1 Å². The Morgan fingerprint density at radius 3 is 1.61 bits per heavy atom. The van der Waals surface area contributed by atoms with Gasteiger partial charge in [-0.2, -0.15) is 5.26 Å². The van der Waals surface area contributed by atoms with Gasteiger partial charge in [0.25, 0.3) is 0 Å². The fourth-order valence-corrected chi connectivity index (χ4v) is 6.29. The SMILES string of the molecule is N#Cc1cc2nc(-c3ccccc3)c(-c3ccccc3)nc2c2c(-c3ccccc3-c3c(F)c(F)c(F)c(F)c3F)nc3ccccc3c12. The summed E-state index contributed by atoms with van der Waals surface area (Å²) < 4.78 is 73.9. The number of nitrogens with zero attached hydrogens (tertiary/aromatic N) is 4. The molecule has 0 radical (unpaired) electrons. The molecule has 234 valence electrons. The third-order valence-electron chi connectivity index (χ3n) is 8.48. The predicted molar refractivity (Wildman–Crippen MR) is 179 cm³/mol. The zero-order chi connectivity index (χ0) is 33.8. The van der Waals surface area contributed by atoms with E-state index in [4.69, 9.17) is 15.0 Å². The summed E-state index contributed by atoms with van der Waals surface area (Å²) in [6, 6.07) is 35.5. The lowest BCUT2D eigenvalue weighted by Crippen LogP contribution is -2.05. The minimum absolute atomic E-state index is 0.0630. The molecule has 9 heteroatoms. The molecule has 0 aliphatic heterocycles. The molecule has 0 saturated heterocycles. The van der Waals surface area contributed by atoms with Crippen molar-refractivity contribution in [1.82, 2.24) is 15.0 Å². The molecule has 2 aromatic heterocycles. The lowest BCUT2D eigenvalue weighted by atomic mass is 9.90. The molecule has 8 aromatic rings. The van der Waals surface area contributed by atoms with E-state index < -0.39 is 34.6 Å². The number of benzene rings is 6. The van der Waals surface area contributed by atoms with Crippen molar-refractivity contribution in [2.75, 3.05) is 0 Å². The first-order valence-corrected chi connectivity index (χ1v) is 15.1. The lowest BCUT2D eigenvalue weighted by molar-refractivity contribution is 0.381. The number of aromatic nitrogens is 3. The first-order valence-electron chi connectivity index (χ1n) is 15.1. The maximum Gasteiger partial charge on any atom is 0.200 e. The third kappa shape index (κ3) is 4.68. The highest BCUT2D eigenvalue weighted by Gasteiger charge is 2.29. The fraction of sp³-hybridized carbons (Fsp3) is 0. The number of pyridine rings is 1. The number of para-hydroxylation sites is 1. The predicted octanol–water partition coefficient (Wildman–Crippen LogP) is 10.6. The van der Waals surface area contributed by atoms with Crippen LogP contribution in [0.4, 0.5) is 22.0 Å². The van der Waals surface area contributed by atoms with Gasteiger partial charge >= 0.3 is 0 Å².